The standard InChI is InChI=1S/C22H15ClN4O4S2/c1-30-18-5-4-14(10-16(18)23)27-20(29)17(11-15-3-2-7-31-15)25-22(27)33-12-13-9-19(28)26-6-8-32-21(26)24-13/h2-11H,12H2,1H3/b17-11-. The molecule has 0 N–H and O–H groups in total. The predicted molar refractivity (Wildman–Crippen MR) is 130 cm³/mol. The van der Waals surface area contributed by atoms with E-state index in [0.29, 0.717) is 43.8 Å². The summed E-state index contributed by atoms with van der Waals surface area (Å²) in [7, 11) is 1.52. The summed E-state index contributed by atoms with van der Waals surface area (Å²) in [6, 6.07) is 10.0. The summed E-state index contributed by atoms with van der Waals surface area (Å²) in [5.41, 5.74) is 1.21. The molecule has 0 spiro atoms. The molecule has 11 heteroatoms. The third-order valence-corrected chi connectivity index (χ3v) is 6.77. The van der Waals surface area contributed by atoms with Crippen molar-refractivity contribution in [2.24, 2.45) is 4.99 Å². The second-order valence-corrected chi connectivity index (χ2v) is 9.05. The van der Waals surface area contributed by atoms with E-state index in [1.54, 1.807) is 48.0 Å². The molecular formula is C22H15ClN4O4S2. The van der Waals surface area contributed by atoms with Crippen LogP contribution in [0.5, 0.6) is 5.75 Å². The van der Waals surface area contributed by atoms with Gasteiger partial charge in [0.05, 0.1) is 29.8 Å². The van der Waals surface area contributed by atoms with E-state index in [1.807, 2.05) is 0 Å². The van der Waals surface area contributed by atoms with Crippen LogP contribution >= 0.6 is 34.7 Å². The SMILES string of the molecule is COc1ccc(N2C(=O)/C(=C/c3ccco3)N=C2SCc2cc(=O)n3ccsc3n2)cc1Cl. The van der Waals surface area contributed by atoms with Crippen LogP contribution in [-0.4, -0.2) is 27.6 Å². The van der Waals surface area contributed by atoms with Crippen molar-refractivity contribution in [1.82, 2.24) is 9.38 Å². The number of carbonyl (C=O) groups is 1. The molecule has 0 unspecified atom stereocenters. The summed E-state index contributed by atoms with van der Waals surface area (Å²) in [5, 5.41) is 2.61. The van der Waals surface area contributed by atoms with E-state index in [1.165, 1.54) is 51.8 Å². The second kappa shape index (κ2) is 8.89. The van der Waals surface area contributed by atoms with Crippen LogP contribution in [0.3, 0.4) is 0 Å². The molecule has 1 aliphatic rings. The topological polar surface area (TPSA) is 89.4 Å². The van der Waals surface area contributed by atoms with Crippen LogP contribution in [0.25, 0.3) is 11.0 Å². The maximum absolute atomic E-state index is 13.3. The number of furan rings is 1. The van der Waals surface area contributed by atoms with Crippen molar-refractivity contribution in [3.8, 4) is 5.75 Å². The number of amidine groups is 1. The van der Waals surface area contributed by atoms with Gasteiger partial charge < -0.3 is 9.15 Å². The lowest BCUT2D eigenvalue weighted by Crippen LogP contribution is -2.30. The molecule has 0 saturated heterocycles. The van der Waals surface area contributed by atoms with E-state index in [-0.39, 0.29) is 17.2 Å². The summed E-state index contributed by atoms with van der Waals surface area (Å²) >= 11 is 8.98. The van der Waals surface area contributed by atoms with Crippen molar-refractivity contribution >= 4 is 62.5 Å². The number of thioether (sulfide) groups is 1. The molecule has 0 fully saturated rings. The molecule has 1 aromatic carbocycles. The van der Waals surface area contributed by atoms with Gasteiger partial charge in [0.15, 0.2) is 10.1 Å². The highest BCUT2D eigenvalue weighted by Gasteiger charge is 2.32. The lowest BCUT2D eigenvalue weighted by Gasteiger charge is -2.18. The Morgan fingerprint density at radius 1 is 1.27 bits per heavy atom. The number of carbonyl (C=O) groups excluding carboxylic acids is 1. The van der Waals surface area contributed by atoms with E-state index < -0.39 is 0 Å². The fourth-order valence-corrected chi connectivity index (χ4v) is 5.12. The number of methoxy groups -OCH3 is 1. The Labute approximate surface area is 200 Å². The molecule has 0 bridgehead atoms. The number of ether oxygens (including phenoxy) is 1. The molecular weight excluding hydrogens is 484 g/mol. The smallest absolute Gasteiger partial charge is 0.283 e. The molecule has 8 nitrogen and oxygen atoms in total. The Hall–Kier alpha value is -3.34. The number of nitrogens with zero attached hydrogens (tertiary/aromatic N) is 4. The van der Waals surface area contributed by atoms with Gasteiger partial charge in [-0.3, -0.25) is 18.9 Å². The number of fused-ring (bicyclic) bond motifs is 1. The number of hydrogen-bond acceptors (Lipinski definition) is 8. The van der Waals surface area contributed by atoms with Gasteiger partial charge in [0.1, 0.15) is 17.2 Å². The number of benzene rings is 1. The highest BCUT2D eigenvalue weighted by Crippen LogP contribution is 2.35. The van der Waals surface area contributed by atoms with Gasteiger partial charge >= 0.3 is 0 Å². The number of hydrogen-bond donors (Lipinski definition) is 0. The van der Waals surface area contributed by atoms with Crippen LogP contribution in [0.1, 0.15) is 11.5 Å². The minimum atomic E-state index is -0.322. The second-order valence-electron chi connectivity index (χ2n) is 6.83. The summed E-state index contributed by atoms with van der Waals surface area (Å²) in [5.74, 6) is 1.04. The summed E-state index contributed by atoms with van der Waals surface area (Å²) in [4.78, 5) is 36.7. The number of anilines is 1. The highest BCUT2D eigenvalue weighted by molar-refractivity contribution is 8.13. The van der Waals surface area contributed by atoms with E-state index >= 15 is 0 Å². The average molecular weight is 499 g/mol. The van der Waals surface area contributed by atoms with Crippen LogP contribution in [0.2, 0.25) is 5.02 Å². The summed E-state index contributed by atoms with van der Waals surface area (Å²) in [6.07, 6.45) is 4.79. The average Bonchev–Trinajstić information content (AvgIpc) is 3.54. The minimum Gasteiger partial charge on any atom is -0.495 e. The Bertz CT molecular complexity index is 1470. The predicted octanol–water partition coefficient (Wildman–Crippen LogP) is 4.69. The molecule has 1 aliphatic heterocycles. The number of thiazole rings is 1. The number of halogens is 1. The lowest BCUT2D eigenvalue weighted by molar-refractivity contribution is -0.113. The fraction of sp³-hybridized carbons (Fsp3) is 0.0909. The molecule has 0 atom stereocenters. The van der Waals surface area contributed by atoms with Crippen molar-refractivity contribution < 1.29 is 13.9 Å². The van der Waals surface area contributed by atoms with E-state index in [2.05, 4.69) is 9.98 Å². The minimum absolute atomic E-state index is 0.154. The van der Waals surface area contributed by atoms with Crippen molar-refractivity contribution in [3.05, 3.63) is 86.8 Å². The van der Waals surface area contributed by atoms with Crippen LogP contribution < -0.4 is 15.2 Å². The first-order valence-corrected chi connectivity index (χ1v) is 11.9. The Balaban J connectivity index is 1.49. The van der Waals surface area contributed by atoms with Gasteiger partial charge in [-0.1, -0.05) is 23.4 Å². The monoisotopic (exact) mass is 498 g/mol. The zero-order valence-electron chi connectivity index (χ0n) is 17.1. The molecule has 0 aliphatic carbocycles. The van der Waals surface area contributed by atoms with Crippen molar-refractivity contribution in [1.29, 1.82) is 0 Å². The molecule has 3 aromatic heterocycles. The van der Waals surface area contributed by atoms with Crippen LogP contribution in [0, 0.1) is 0 Å². The van der Waals surface area contributed by atoms with Gasteiger partial charge in [0, 0.05) is 29.5 Å². The number of aliphatic imine (C=N–C) groups is 1. The first kappa shape index (κ1) is 21.5. The normalized spacial score (nSPS) is 15.0. The maximum Gasteiger partial charge on any atom is 0.283 e. The van der Waals surface area contributed by atoms with Gasteiger partial charge in [-0.15, -0.1) is 11.3 Å². The van der Waals surface area contributed by atoms with E-state index in [9.17, 15) is 9.59 Å². The number of amides is 1. The first-order chi connectivity index (χ1) is 16.0. The fourth-order valence-electron chi connectivity index (χ4n) is 3.22. The Kier molecular flexibility index (Phi) is 5.79. The van der Waals surface area contributed by atoms with Gasteiger partial charge in [-0.2, -0.15) is 0 Å². The molecule has 4 aromatic rings. The molecule has 5 rings (SSSR count). The van der Waals surface area contributed by atoms with E-state index in [0.717, 1.165) is 0 Å². The van der Waals surface area contributed by atoms with Crippen molar-refractivity contribution in [2.45, 2.75) is 5.75 Å². The Morgan fingerprint density at radius 2 is 2.15 bits per heavy atom. The summed E-state index contributed by atoms with van der Waals surface area (Å²) in [6.45, 7) is 0. The first-order valence-electron chi connectivity index (χ1n) is 9.64. The number of aromatic nitrogens is 2. The van der Waals surface area contributed by atoms with Crippen molar-refractivity contribution in [3.63, 3.8) is 0 Å². The third kappa shape index (κ3) is 4.20. The molecule has 4 heterocycles. The van der Waals surface area contributed by atoms with Crippen LogP contribution in [0.15, 0.2) is 74.1 Å². The van der Waals surface area contributed by atoms with Crippen LogP contribution in [0.4, 0.5) is 5.69 Å². The summed E-state index contributed by atoms with van der Waals surface area (Å²) < 4.78 is 12.0. The molecule has 0 radical (unpaired) electrons. The number of rotatable bonds is 5. The van der Waals surface area contributed by atoms with Crippen molar-refractivity contribution in [2.75, 3.05) is 12.0 Å². The van der Waals surface area contributed by atoms with E-state index in [4.69, 9.17) is 20.8 Å². The molecule has 0 saturated carbocycles. The molecule has 33 heavy (non-hydrogen) atoms. The maximum atomic E-state index is 13.3. The molecule has 1 amide bonds. The van der Waals surface area contributed by atoms with Gasteiger partial charge in [-0.05, 0) is 30.3 Å². The quantitative estimate of drug-likeness (QED) is 0.371. The Morgan fingerprint density at radius 3 is 2.91 bits per heavy atom. The van der Waals surface area contributed by atoms with Gasteiger partial charge in [0.2, 0.25) is 0 Å². The zero-order chi connectivity index (χ0) is 22.9. The lowest BCUT2D eigenvalue weighted by atomic mass is 10.2. The highest BCUT2D eigenvalue weighted by atomic mass is 35.5. The zero-order valence-corrected chi connectivity index (χ0v) is 19.5. The van der Waals surface area contributed by atoms with Crippen LogP contribution in [-0.2, 0) is 10.5 Å². The van der Waals surface area contributed by atoms with Gasteiger partial charge in [-0.25, -0.2) is 9.98 Å². The van der Waals surface area contributed by atoms with Gasteiger partial charge in [0.25, 0.3) is 11.5 Å². The third-order valence-electron chi connectivity index (χ3n) is 4.75. The molecule has 166 valence electrons. The largest absolute Gasteiger partial charge is 0.495 e.